The summed E-state index contributed by atoms with van der Waals surface area (Å²) in [6, 6.07) is 14.4. The number of piperazine rings is 1. The van der Waals surface area contributed by atoms with Crippen molar-refractivity contribution < 1.29 is 14.0 Å². The Balaban J connectivity index is 1.53. The summed E-state index contributed by atoms with van der Waals surface area (Å²) >= 11 is 0. The van der Waals surface area contributed by atoms with Crippen LogP contribution < -0.4 is 0 Å². The fourth-order valence-corrected chi connectivity index (χ4v) is 4.67. The average molecular weight is 394 g/mol. The Labute approximate surface area is 171 Å². The maximum atomic E-state index is 13.2. The summed E-state index contributed by atoms with van der Waals surface area (Å²) in [5, 5.41) is 0. The normalized spacial score (nSPS) is 21.4. The second kappa shape index (κ2) is 7.29. The van der Waals surface area contributed by atoms with E-state index in [-0.39, 0.29) is 41.6 Å². The van der Waals surface area contributed by atoms with Crippen LogP contribution in [0, 0.1) is 5.82 Å². The van der Waals surface area contributed by atoms with Crippen LogP contribution >= 0.6 is 0 Å². The molecule has 4 rings (SSSR count). The molecule has 0 aromatic heterocycles. The number of halogens is 1. The van der Waals surface area contributed by atoms with Gasteiger partial charge in [0.2, 0.25) is 11.8 Å². The summed E-state index contributed by atoms with van der Waals surface area (Å²) in [6.45, 7) is 7.61. The Morgan fingerprint density at radius 3 is 2.59 bits per heavy atom. The molecule has 2 atom stereocenters. The van der Waals surface area contributed by atoms with E-state index < -0.39 is 0 Å². The van der Waals surface area contributed by atoms with Gasteiger partial charge in [0, 0.05) is 24.9 Å². The number of amides is 2. The zero-order valence-electron chi connectivity index (χ0n) is 17.2. The molecule has 2 aliphatic heterocycles. The number of nitrogens with zero attached hydrogens (tertiary/aromatic N) is 2. The third-order valence-electron chi connectivity index (χ3n) is 6.30. The van der Waals surface area contributed by atoms with E-state index in [1.165, 1.54) is 17.7 Å². The molecule has 4 nitrogen and oxygen atoms in total. The van der Waals surface area contributed by atoms with Crippen molar-refractivity contribution in [2.45, 2.75) is 44.6 Å². The van der Waals surface area contributed by atoms with Crippen molar-refractivity contribution in [1.82, 2.24) is 9.80 Å². The van der Waals surface area contributed by atoms with E-state index in [0.717, 1.165) is 11.1 Å². The fraction of sp³-hybridized carbons (Fsp3) is 0.417. The van der Waals surface area contributed by atoms with Crippen molar-refractivity contribution >= 4 is 11.8 Å². The first kappa shape index (κ1) is 19.6. The molecule has 2 aromatic rings. The fourth-order valence-electron chi connectivity index (χ4n) is 4.67. The van der Waals surface area contributed by atoms with Gasteiger partial charge in [-0.2, -0.15) is 0 Å². The van der Waals surface area contributed by atoms with Crippen molar-refractivity contribution in [2.75, 3.05) is 19.6 Å². The summed E-state index contributed by atoms with van der Waals surface area (Å²) in [7, 11) is 0. The molecule has 29 heavy (non-hydrogen) atoms. The van der Waals surface area contributed by atoms with Gasteiger partial charge in [0.25, 0.3) is 0 Å². The number of carbonyl (C=O) groups excluding carboxylic acids is 2. The number of carbonyl (C=O) groups is 2. The maximum absolute atomic E-state index is 13.2. The number of rotatable bonds is 3. The Bertz CT molecular complexity index is 938. The molecule has 1 saturated heterocycles. The molecule has 0 spiro atoms. The number of benzene rings is 2. The van der Waals surface area contributed by atoms with Gasteiger partial charge in [-0.3, -0.25) is 9.59 Å². The van der Waals surface area contributed by atoms with Gasteiger partial charge in [0.05, 0.1) is 12.6 Å². The Kier molecular flexibility index (Phi) is 4.93. The van der Waals surface area contributed by atoms with Crippen molar-refractivity contribution in [3.8, 4) is 0 Å². The lowest BCUT2D eigenvalue weighted by Gasteiger charge is -2.49. The van der Waals surface area contributed by atoms with E-state index in [1.807, 2.05) is 24.0 Å². The van der Waals surface area contributed by atoms with Gasteiger partial charge >= 0.3 is 0 Å². The summed E-state index contributed by atoms with van der Waals surface area (Å²) in [6.07, 6.45) is 0.304. The lowest BCUT2D eigenvalue weighted by Crippen LogP contribution is -2.58. The van der Waals surface area contributed by atoms with Gasteiger partial charge in [-0.25, -0.2) is 4.39 Å². The molecule has 0 aliphatic carbocycles. The maximum Gasteiger partial charge on any atom is 0.242 e. The predicted molar refractivity (Wildman–Crippen MR) is 110 cm³/mol. The number of hydrogen-bond donors (Lipinski definition) is 0. The zero-order valence-corrected chi connectivity index (χ0v) is 17.2. The van der Waals surface area contributed by atoms with E-state index in [1.54, 1.807) is 17.0 Å². The van der Waals surface area contributed by atoms with Crippen LogP contribution in [0.3, 0.4) is 0 Å². The summed E-state index contributed by atoms with van der Waals surface area (Å²) < 4.78 is 13.2. The molecule has 2 unspecified atom stereocenters. The van der Waals surface area contributed by atoms with Gasteiger partial charge in [0.1, 0.15) is 5.82 Å². The predicted octanol–water partition coefficient (Wildman–Crippen LogP) is 4.02. The lowest BCUT2D eigenvalue weighted by molar-refractivity contribution is -0.150. The summed E-state index contributed by atoms with van der Waals surface area (Å²) in [5.74, 6) is -0.342. The molecule has 0 radical (unpaired) electrons. The van der Waals surface area contributed by atoms with Crippen LogP contribution in [0.2, 0.25) is 0 Å². The second-order valence-corrected chi connectivity index (χ2v) is 8.94. The average Bonchev–Trinajstić information content (AvgIpc) is 2.69. The number of hydrogen-bond acceptors (Lipinski definition) is 2. The van der Waals surface area contributed by atoms with E-state index in [0.29, 0.717) is 19.5 Å². The van der Waals surface area contributed by atoms with Gasteiger partial charge in [-0.1, -0.05) is 57.2 Å². The molecule has 0 saturated carbocycles. The van der Waals surface area contributed by atoms with Crippen LogP contribution in [0.25, 0.3) is 0 Å². The van der Waals surface area contributed by atoms with E-state index in [4.69, 9.17) is 0 Å². The largest absolute Gasteiger partial charge is 0.331 e. The second-order valence-electron chi connectivity index (χ2n) is 8.94. The van der Waals surface area contributed by atoms with Gasteiger partial charge in [-0.15, -0.1) is 0 Å². The van der Waals surface area contributed by atoms with Crippen molar-refractivity contribution in [3.05, 3.63) is 71.0 Å². The first-order valence-electron chi connectivity index (χ1n) is 10.2. The molecule has 0 N–H and O–H groups in total. The van der Waals surface area contributed by atoms with Gasteiger partial charge < -0.3 is 9.80 Å². The minimum absolute atomic E-state index is 0.00612. The molecule has 1 fully saturated rings. The minimum Gasteiger partial charge on any atom is -0.331 e. The van der Waals surface area contributed by atoms with Crippen molar-refractivity contribution in [1.29, 1.82) is 0 Å². The zero-order chi connectivity index (χ0) is 20.8. The van der Waals surface area contributed by atoms with Gasteiger partial charge in [-0.05, 0) is 34.7 Å². The van der Waals surface area contributed by atoms with Crippen LogP contribution in [0.15, 0.2) is 48.5 Å². The Hall–Kier alpha value is -2.69. The molecule has 5 heteroatoms. The minimum atomic E-state index is -0.284. The topological polar surface area (TPSA) is 40.6 Å². The Morgan fingerprint density at radius 2 is 1.86 bits per heavy atom. The van der Waals surface area contributed by atoms with Crippen LogP contribution in [0.1, 0.15) is 55.8 Å². The quantitative estimate of drug-likeness (QED) is 0.789. The highest BCUT2D eigenvalue weighted by Gasteiger charge is 2.44. The third kappa shape index (κ3) is 3.66. The molecular weight excluding hydrogens is 367 g/mol. The van der Waals surface area contributed by atoms with Crippen LogP contribution in [-0.2, 0) is 15.0 Å². The molecule has 2 aromatic carbocycles. The summed E-state index contributed by atoms with van der Waals surface area (Å²) in [4.78, 5) is 29.5. The standard InChI is InChI=1S/C24H27FN2O2/c1-16(17-8-10-18(25)11-9-17)12-22(28)26-13-21-19-6-4-5-7-20(19)24(2,3)15-27(21)23(29)14-26/h4-11,16,21H,12-15H2,1-3H3. The van der Waals surface area contributed by atoms with E-state index in [2.05, 4.69) is 26.0 Å². The third-order valence-corrected chi connectivity index (χ3v) is 6.30. The van der Waals surface area contributed by atoms with Crippen molar-refractivity contribution in [3.63, 3.8) is 0 Å². The highest BCUT2D eigenvalue weighted by Crippen LogP contribution is 2.41. The highest BCUT2D eigenvalue weighted by atomic mass is 19.1. The highest BCUT2D eigenvalue weighted by molar-refractivity contribution is 5.87. The van der Waals surface area contributed by atoms with Crippen LogP contribution in [-0.4, -0.2) is 41.2 Å². The first-order chi connectivity index (χ1) is 13.8. The van der Waals surface area contributed by atoms with E-state index >= 15 is 0 Å². The monoisotopic (exact) mass is 394 g/mol. The lowest BCUT2D eigenvalue weighted by atomic mass is 9.75. The van der Waals surface area contributed by atoms with E-state index in [9.17, 15) is 14.0 Å². The van der Waals surface area contributed by atoms with Gasteiger partial charge in [0.15, 0.2) is 0 Å². The summed E-state index contributed by atoms with van der Waals surface area (Å²) in [5.41, 5.74) is 3.21. The molecule has 0 bridgehead atoms. The molecule has 152 valence electrons. The molecule has 2 amide bonds. The smallest absolute Gasteiger partial charge is 0.242 e. The first-order valence-corrected chi connectivity index (χ1v) is 10.2. The Morgan fingerprint density at radius 1 is 1.17 bits per heavy atom. The molecule has 2 aliphatic rings. The van der Waals surface area contributed by atoms with Crippen molar-refractivity contribution in [2.24, 2.45) is 0 Å². The SMILES string of the molecule is CC(CC(=O)N1CC(=O)N2CC(C)(C)c3ccccc3C2C1)c1ccc(F)cc1. The molecular formula is C24H27FN2O2. The van der Waals surface area contributed by atoms with Crippen LogP contribution in [0.4, 0.5) is 4.39 Å². The number of fused-ring (bicyclic) bond motifs is 3. The van der Waals surface area contributed by atoms with Crippen LogP contribution in [0.5, 0.6) is 0 Å². The molecule has 2 heterocycles.